The molecule has 0 saturated heterocycles. The summed E-state index contributed by atoms with van der Waals surface area (Å²) in [6.07, 6.45) is 36.8. The average Bonchev–Trinajstić information content (AvgIpc) is 3.10. The second-order valence-electron chi connectivity index (χ2n) is 14.7. The van der Waals surface area contributed by atoms with Crippen LogP contribution in [0.25, 0.3) is 0 Å². The van der Waals surface area contributed by atoms with E-state index in [0.29, 0.717) is 12.8 Å². The number of phosphoric ester groups is 1. The maximum atomic E-state index is 12.8. The van der Waals surface area contributed by atoms with E-state index in [1.165, 1.54) is 128 Å². The lowest BCUT2D eigenvalue weighted by Gasteiger charge is -2.25. The van der Waals surface area contributed by atoms with Crippen molar-refractivity contribution >= 4 is 13.7 Å². The molecule has 6 N–H and O–H groups in total. The summed E-state index contributed by atoms with van der Waals surface area (Å²) >= 11 is 0. The molecule has 51 heavy (non-hydrogen) atoms. The van der Waals surface area contributed by atoms with E-state index in [-0.39, 0.29) is 26.2 Å². The Kier molecular flexibility index (Phi) is 36.9. The molecule has 0 aliphatic rings. The molecule has 0 heterocycles. The fourth-order valence-corrected chi connectivity index (χ4v) is 7.17. The second kappa shape index (κ2) is 37.5. The Morgan fingerprint density at radius 2 is 1.06 bits per heavy atom. The summed E-state index contributed by atoms with van der Waals surface area (Å²) in [6, 6.07) is -0.895. The summed E-state index contributed by atoms with van der Waals surface area (Å²) in [5.41, 5.74) is 5.36. The normalized spacial score (nSPS) is 14.9. The van der Waals surface area contributed by atoms with Crippen LogP contribution in [-0.4, -0.2) is 59.0 Å². The number of nitrogens with two attached hydrogens (primary N) is 1. The second-order valence-corrected chi connectivity index (χ2v) is 16.2. The largest absolute Gasteiger partial charge is 0.472 e. The highest BCUT2D eigenvalue weighted by molar-refractivity contribution is 7.47. The number of aliphatic hydroxyl groups excluding tert-OH is 2. The number of phosphoric acid groups is 1. The molecule has 0 aliphatic heterocycles. The molecule has 10 heteroatoms. The van der Waals surface area contributed by atoms with Crippen LogP contribution in [0.5, 0.6) is 0 Å². The highest BCUT2D eigenvalue weighted by atomic mass is 31.2. The van der Waals surface area contributed by atoms with Crippen molar-refractivity contribution in [2.75, 3.05) is 19.8 Å². The van der Waals surface area contributed by atoms with Gasteiger partial charge in [-0.25, -0.2) is 4.57 Å². The van der Waals surface area contributed by atoms with Gasteiger partial charge in [0.25, 0.3) is 0 Å². The van der Waals surface area contributed by atoms with E-state index >= 15 is 0 Å². The van der Waals surface area contributed by atoms with Crippen LogP contribution in [0.1, 0.15) is 206 Å². The average molecular weight is 747 g/mol. The Balaban J connectivity index is 4.29. The first kappa shape index (κ1) is 50.2. The Bertz CT molecular complexity index is 832. The van der Waals surface area contributed by atoms with Crippen molar-refractivity contribution in [1.82, 2.24) is 5.32 Å². The topological polar surface area (TPSA) is 151 Å². The molecule has 4 atom stereocenters. The number of rotatable bonds is 40. The number of carbonyl (C=O) groups is 1. The SMILES string of the molecule is CCCCCCCC/C=C\CCCCCCCC(O)CC(=O)NC(COP(=O)(O)OCCN)C(O)CCCCCCCCCCCCCCCC. The lowest BCUT2D eigenvalue weighted by molar-refractivity contribution is -0.125. The number of hydrogen-bond donors (Lipinski definition) is 5. The number of nitrogens with one attached hydrogen (secondary N) is 1. The minimum atomic E-state index is -4.37. The quantitative estimate of drug-likeness (QED) is 0.0236. The van der Waals surface area contributed by atoms with Gasteiger partial charge in [-0.2, -0.15) is 0 Å². The van der Waals surface area contributed by atoms with Gasteiger partial charge in [-0.1, -0.05) is 174 Å². The molecule has 0 radical (unpaired) electrons. The molecule has 0 rings (SSSR count). The van der Waals surface area contributed by atoms with Crippen LogP contribution in [0.4, 0.5) is 0 Å². The van der Waals surface area contributed by atoms with Crippen LogP contribution in [-0.2, 0) is 18.4 Å². The zero-order chi connectivity index (χ0) is 37.7. The van der Waals surface area contributed by atoms with E-state index in [0.717, 1.165) is 44.9 Å². The first-order valence-corrected chi connectivity index (χ1v) is 22.9. The summed E-state index contributed by atoms with van der Waals surface area (Å²) in [6.45, 7) is 4.04. The first-order valence-electron chi connectivity index (χ1n) is 21.4. The van der Waals surface area contributed by atoms with Crippen molar-refractivity contribution in [3.05, 3.63) is 12.2 Å². The Hall–Kier alpha value is -0.800. The number of carbonyl (C=O) groups excluding carboxylic acids is 1. The molecule has 0 bridgehead atoms. The van der Waals surface area contributed by atoms with E-state index in [1.807, 2.05) is 0 Å². The van der Waals surface area contributed by atoms with Crippen molar-refractivity contribution in [2.24, 2.45) is 5.73 Å². The minimum Gasteiger partial charge on any atom is -0.393 e. The van der Waals surface area contributed by atoms with Gasteiger partial charge in [0.2, 0.25) is 5.91 Å². The molecule has 304 valence electrons. The highest BCUT2D eigenvalue weighted by Gasteiger charge is 2.28. The van der Waals surface area contributed by atoms with E-state index in [1.54, 1.807) is 0 Å². The van der Waals surface area contributed by atoms with Crippen molar-refractivity contribution in [3.8, 4) is 0 Å². The first-order chi connectivity index (χ1) is 24.8. The van der Waals surface area contributed by atoms with Gasteiger partial charge in [0, 0.05) is 6.54 Å². The van der Waals surface area contributed by atoms with Gasteiger partial charge in [-0.3, -0.25) is 13.8 Å². The molecule has 0 aromatic heterocycles. The Labute approximate surface area is 314 Å². The van der Waals surface area contributed by atoms with Gasteiger partial charge in [0.1, 0.15) is 0 Å². The standard InChI is InChI=1S/C41H83N2O7P/c1-3-5-7-9-11-13-15-17-19-20-22-24-26-28-30-32-38(44)36-41(46)43-39(37-50-51(47,48)49-35-34-42)40(45)33-31-29-27-25-23-21-18-16-14-12-10-8-6-4-2/h17,19,38-40,44-45H,3-16,18,20-37,42H2,1-2H3,(H,43,46)(H,47,48)/b19-17-. The molecular formula is C41H83N2O7P. The van der Waals surface area contributed by atoms with Crippen molar-refractivity contribution in [2.45, 2.75) is 225 Å². The van der Waals surface area contributed by atoms with E-state index in [2.05, 4.69) is 31.3 Å². The predicted molar refractivity (Wildman–Crippen MR) is 214 cm³/mol. The van der Waals surface area contributed by atoms with Crippen LogP contribution in [0.15, 0.2) is 12.2 Å². The third-order valence-corrected chi connectivity index (χ3v) is 10.7. The molecule has 0 spiro atoms. The van der Waals surface area contributed by atoms with Gasteiger partial charge in [-0.15, -0.1) is 0 Å². The van der Waals surface area contributed by atoms with Gasteiger partial charge in [-0.05, 0) is 38.5 Å². The predicted octanol–water partition coefficient (Wildman–Crippen LogP) is 10.6. The highest BCUT2D eigenvalue weighted by Crippen LogP contribution is 2.43. The minimum absolute atomic E-state index is 0.0599. The maximum Gasteiger partial charge on any atom is 0.472 e. The van der Waals surface area contributed by atoms with Gasteiger partial charge < -0.3 is 26.2 Å². The molecule has 0 aliphatic carbocycles. The van der Waals surface area contributed by atoms with Crippen molar-refractivity contribution in [3.63, 3.8) is 0 Å². The molecule has 0 saturated carbocycles. The van der Waals surface area contributed by atoms with Crippen LogP contribution in [0, 0.1) is 0 Å². The van der Waals surface area contributed by atoms with Crippen LogP contribution in [0.3, 0.4) is 0 Å². The van der Waals surface area contributed by atoms with Gasteiger partial charge >= 0.3 is 7.82 Å². The molecule has 9 nitrogen and oxygen atoms in total. The third kappa shape index (κ3) is 36.0. The summed E-state index contributed by atoms with van der Waals surface area (Å²) in [4.78, 5) is 22.7. The summed E-state index contributed by atoms with van der Waals surface area (Å²) in [7, 11) is -4.37. The number of amides is 1. The zero-order valence-electron chi connectivity index (χ0n) is 33.2. The van der Waals surface area contributed by atoms with Gasteiger partial charge in [0.05, 0.1) is 37.9 Å². The molecule has 0 fully saturated rings. The van der Waals surface area contributed by atoms with E-state index in [9.17, 15) is 24.5 Å². The molecular weight excluding hydrogens is 663 g/mol. The van der Waals surface area contributed by atoms with Gasteiger partial charge in [0.15, 0.2) is 0 Å². The van der Waals surface area contributed by atoms with Crippen molar-refractivity contribution < 1.29 is 33.5 Å². The smallest absolute Gasteiger partial charge is 0.393 e. The molecule has 0 aromatic rings. The summed E-state index contributed by atoms with van der Waals surface area (Å²) < 4.78 is 22.1. The number of hydrogen-bond acceptors (Lipinski definition) is 7. The number of allylic oxidation sites excluding steroid dienone is 2. The zero-order valence-corrected chi connectivity index (χ0v) is 34.1. The Morgan fingerprint density at radius 3 is 1.51 bits per heavy atom. The summed E-state index contributed by atoms with van der Waals surface area (Å²) in [5, 5.41) is 24.1. The lowest BCUT2D eigenvalue weighted by atomic mass is 10.0. The molecule has 0 aromatic carbocycles. The van der Waals surface area contributed by atoms with Crippen molar-refractivity contribution in [1.29, 1.82) is 0 Å². The van der Waals surface area contributed by atoms with E-state index in [4.69, 9.17) is 14.8 Å². The monoisotopic (exact) mass is 747 g/mol. The fourth-order valence-electron chi connectivity index (χ4n) is 6.41. The van der Waals surface area contributed by atoms with Crippen LogP contribution in [0.2, 0.25) is 0 Å². The number of aliphatic hydroxyl groups is 2. The van der Waals surface area contributed by atoms with E-state index < -0.39 is 32.0 Å². The summed E-state index contributed by atoms with van der Waals surface area (Å²) in [5.74, 6) is -0.417. The number of unbranched alkanes of at least 4 members (excludes halogenated alkanes) is 24. The van der Waals surface area contributed by atoms with Crippen LogP contribution >= 0.6 is 7.82 Å². The lowest BCUT2D eigenvalue weighted by Crippen LogP contribution is -2.47. The molecule has 4 unspecified atom stereocenters. The molecule has 1 amide bonds. The fraction of sp³-hybridized carbons (Fsp3) is 0.927. The third-order valence-electron chi connectivity index (χ3n) is 9.67. The maximum absolute atomic E-state index is 12.8. The van der Waals surface area contributed by atoms with Crippen LogP contribution < -0.4 is 11.1 Å². The Morgan fingerprint density at radius 1 is 0.647 bits per heavy atom.